The minimum Gasteiger partial charge on any atom is -0.371 e. The van der Waals surface area contributed by atoms with Crippen LogP contribution in [-0.4, -0.2) is 48.8 Å². The van der Waals surface area contributed by atoms with Gasteiger partial charge in [-0.2, -0.15) is 0 Å². The number of aromatic nitrogens is 2. The molecule has 0 saturated carbocycles. The smallest absolute Gasteiger partial charge is 0.270 e. The number of hydrogen-bond donors (Lipinski definition) is 2. The molecule has 13 heteroatoms. The molecule has 1 aliphatic heterocycles. The zero-order chi connectivity index (χ0) is 21.2. The highest BCUT2D eigenvalue weighted by Gasteiger charge is 2.24. The zero-order valence-corrected chi connectivity index (χ0v) is 17.4. The van der Waals surface area contributed by atoms with Crippen LogP contribution in [0.25, 0.3) is 0 Å². The molecule has 1 aliphatic rings. The normalized spacial score (nSPS) is 15.2. The quantitative estimate of drug-likeness (QED) is 0.514. The molecule has 1 aromatic carbocycles. The van der Waals surface area contributed by atoms with E-state index in [0.717, 1.165) is 43.5 Å². The fraction of sp³-hybridized carbons (Fsp3) is 0.438. The molecule has 29 heavy (non-hydrogen) atoms. The maximum Gasteiger partial charge on any atom is 0.270 e. The van der Waals surface area contributed by atoms with Crippen LogP contribution in [0.4, 0.5) is 21.6 Å². The first-order valence-electron chi connectivity index (χ1n) is 8.78. The van der Waals surface area contributed by atoms with Crippen LogP contribution in [0.15, 0.2) is 18.2 Å². The second-order valence-corrected chi connectivity index (χ2v) is 9.59. The number of nitro groups is 1. The second-order valence-electron chi connectivity index (χ2n) is 6.87. The van der Waals surface area contributed by atoms with Crippen LogP contribution in [0.5, 0.6) is 0 Å². The van der Waals surface area contributed by atoms with E-state index in [2.05, 4.69) is 27.2 Å². The van der Waals surface area contributed by atoms with E-state index in [4.69, 9.17) is 0 Å². The first-order valence-corrected chi connectivity index (χ1v) is 11.5. The van der Waals surface area contributed by atoms with Gasteiger partial charge in [0.1, 0.15) is 0 Å². The average Bonchev–Trinajstić information content (AvgIpc) is 3.06. The predicted octanol–water partition coefficient (Wildman–Crippen LogP) is 2.31. The number of anilines is 3. The lowest BCUT2D eigenvalue weighted by Gasteiger charge is -2.33. The molecule has 1 fully saturated rings. The van der Waals surface area contributed by atoms with E-state index in [9.17, 15) is 23.3 Å². The summed E-state index contributed by atoms with van der Waals surface area (Å²) < 4.78 is 24.7. The van der Waals surface area contributed by atoms with E-state index >= 15 is 0 Å². The van der Waals surface area contributed by atoms with Gasteiger partial charge in [0, 0.05) is 25.2 Å². The largest absolute Gasteiger partial charge is 0.371 e. The lowest BCUT2D eigenvalue weighted by molar-refractivity contribution is -0.384. The first kappa shape index (κ1) is 20.9. The highest BCUT2D eigenvalue weighted by atomic mass is 32.2. The van der Waals surface area contributed by atoms with E-state index in [1.54, 1.807) is 6.07 Å². The van der Waals surface area contributed by atoms with Crippen LogP contribution in [0.3, 0.4) is 0 Å². The van der Waals surface area contributed by atoms with Gasteiger partial charge in [-0.15, -0.1) is 10.2 Å². The number of nitro benzene ring substituents is 1. The minimum absolute atomic E-state index is 0.00656. The van der Waals surface area contributed by atoms with Gasteiger partial charge in [-0.25, -0.2) is 8.42 Å². The summed E-state index contributed by atoms with van der Waals surface area (Å²) in [5.41, 5.74) is 0.571. The fourth-order valence-electron chi connectivity index (χ4n) is 2.98. The van der Waals surface area contributed by atoms with E-state index in [-0.39, 0.29) is 21.5 Å². The van der Waals surface area contributed by atoms with Crippen molar-refractivity contribution in [1.29, 1.82) is 0 Å². The summed E-state index contributed by atoms with van der Waals surface area (Å²) in [5.74, 6) is 0.00751. The van der Waals surface area contributed by atoms with Gasteiger partial charge < -0.3 is 4.90 Å². The van der Waals surface area contributed by atoms with Crippen molar-refractivity contribution in [2.45, 2.75) is 19.8 Å². The van der Waals surface area contributed by atoms with Crippen LogP contribution in [-0.2, 0) is 10.0 Å². The molecule has 156 valence electrons. The standard InChI is InChI=1S/C16H20N6O5S2/c1-10-5-7-21(8-6-10)13-4-3-11(22(24)25)9-12(13)14(23)17-15-18-19-16(28-15)20-29(2,26)27/h3-4,9-10H,5-8H2,1-2H3,(H,19,20)(H,17,18,23). The molecular weight excluding hydrogens is 420 g/mol. The third-order valence-corrected chi connectivity index (χ3v) is 5.93. The van der Waals surface area contributed by atoms with E-state index in [1.807, 2.05) is 4.90 Å². The molecule has 0 aliphatic carbocycles. The number of hydrogen-bond acceptors (Lipinski definition) is 9. The van der Waals surface area contributed by atoms with Gasteiger partial charge in [-0.1, -0.05) is 18.3 Å². The Morgan fingerprint density at radius 2 is 1.93 bits per heavy atom. The Labute approximate surface area is 171 Å². The number of carbonyl (C=O) groups excluding carboxylic acids is 1. The molecule has 11 nitrogen and oxygen atoms in total. The Balaban J connectivity index is 1.86. The van der Waals surface area contributed by atoms with Gasteiger partial charge in [0.2, 0.25) is 20.3 Å². The van der Waals surface area contributed by atoms with Gasteiger partial charge in [0.25, 0.3) is 11.6 Å². The molecule has 0 atom stereocenters. The van der Waals surface area contributed by atoms with E-state index in [1.165, 1.54) is 12.1 Å². The van der Waals surface area contributed by atoms with Crippen LogP contribution in [0.2, 0.25) is 0 Å². The Hall–Kier alpha value is -2.80. The maximum absolute atomic E-state index is 12.9. The summed E-state index contributed by atoms with van der Waals surface area (Å²) in [5, 5.41) is 21.2. The lowest BCUT2D eigenvalue weighted by Crippen LogP contribution is -2.34. The maximum atomic E-state index is 12.9. The van der Waals surface area contributed by atoms with Crippen molar-refractivity contribution >= 4 is 48.9 Å². The Kier molecular flexibility index (Phi) is 5.98. The summed E-state index contributed by atoms with van der Waals surface area (Å²) in [7, 11) is -3.52. The SMILES string of the molecule is CC1CCN(c2ccc([N+](=O)[O-])cc2C(=O)Nc2nnc(NS(C)(=O)=O)s2)CC1. The highest BCUT2D eigenvalue weighted by Crippen LogP contribution is 2.30. The Morgan fingerprint density at radius 3 is 2.55 bits per heavy atom. The number of sulfonamides is 1. The molecule has 1 saturated heterocycles. The monoisotopic (exact) mass is 440 g/mol. The van der Waals surface area contributed by atoms with Crippen molar-refractivity contribution in [3.63, 3.8) is 0 Å². The number of rotatable bonds is 6. The molecule has 2 aromatic rings. The molecule has 0 unspecified atom stereocenters. The summed E-state index contributed by atoms with van der Waals surface area (Å²) in [4.78, 5) is 25.5. The number of piperidine rings is 1. The highest BCUT2D eigenvalue weighted by molar-refractivity contribution is 7.92. The van der Waals surface area contributed by atoms with Crippen LogP contribution >= 0.6 is 11.3 Å². The second kappa shape index (κ2) is 8.29. The van der Waals surface area contributed by atoms with Gasteiger partial charge in [-0.05, 0) is 24.8 Å². The number of amides is 1. The summed E-state index contributed by atoms with van der Waals surface area (Å²) in [6.07, 6.45) is 2.91. The molecule has 1 amide bonds. The van der Waals surface area contributed by atoms with Crippen LogP contribution in [0, 0.1) is 16.0 Å². The first-order chi connectivity index (χ1) is 13.6. The fourth-order valence-corrected chi connectivity index (χ4v) is 4.45. The topological polar surface area (TPSA) is 147 Å². The molecular formula is C16H20N6O5S2. The van der Waals surface area contributed by atoms with E-state index in [0.29, 0.717) is 11.6 Å². The van der Waals surface area contributed by atoms with Crippen molar-refractivity contribution < 1.29 is 18.1 Å². The van der Waals surface area contributed by atoms with Crippen molar-refractivity contribution in [3.05, 3.63) is 33.9 Å². The summed E-state index contributed by atoms with van der Waals surface area (Å²) >= 11 is 0.843. The van der Waals surface area contributed by atoms with Gasteiger partial charge in [-0.3, -0.25) is 24.9 Å². The molecule has 2 heterocycles. The average molecular weight is 441 g/mol. The lowest BCUT2D eigenvalue weighted by atomic mass is 9.98. The van der Waals surface area contributed by atoms with Gasteiger partial charge >= 0.3 is 0 Å². The molecule has 0 bridgehead atoms. The Morgan fingerprint density at radius 1 is 1.28 bits per heavy atom. The molecule has 3 rings (SSSR count). The Bertz CT molecular complexity index is 1030. The molecule has 0 spiro atoms. The molecule has 1 aromatic heterocycles. The van der Waals surface area contributed by atoms with Crippen LogP contribution in [0.1, 0.15) is 30.1 Å². The molecule has 2 N–H and O–H groups in total. The van der Waals surface area contributed by atoms with E-state index < -0.39 is 20.9 Å². The number of nitrogens with one attached hydrogen (secondary N) is 2. The van der Waals surface area contributed by atoms with Crippen molar-refractivity contribution in [2.24, 2.45) is 5.92 Å². The number of non-ortho nitro benzene ring substituents is 1. The minimum atomic E-state index is -3.52. The summed E-state index contributed by atoms with van der Waals surface area (Å²) in [6, 6.07) is 4.20. The molecule has 0 radical (unpaired) electrons. The van der Waals surface area contributed by atoms with Crippen molar-refractivity contribution in [3.8, 4) is 0 Å². The predicted molar refractivity (Wildman–Crippen MR) is 110 cm³/mol. The third-order valence-electron chi connectivity index (χ3n) is 4.48. The third kappa shape index (κ3) is 5.38. The number of nitrogens with zero attached hydrogens (tertiary/aromatic N) is 4. The van der Waals surface area contributed by atoms with Crippen molar-refractivity contribution in [1.82, 2.24) is 10.2 Å². The number of benzene rings is 1. The summed E-state index contributed by atoms with van der Waals surface area (Å²) in [6.45, 7) is 3.67. The van der Waals surface area contributed by atoms with Crippen LogP contribution < -0.4 is 14.9 Å². The zero-order valence-electron chi connectivity index (χ0n) is 15.8. The van der Waals surface area contributed by atoms with Gasteiger partial charge in [0.05, 0.1) is 22.4 Å². The number of carbonyl (C=O) groups is 1. The van der Waals surface area contributed by atoms with Gasteiger partial charge in [0.15, 0.2) is 0 Å². The van der Waals surface area contributed by atoms with Crippen molar-refractivity contribution in [2.75, 3.05) is 34.3 Å².